The number of rotatable bonds is 2. The number of thiophene rings is 1. The average Bonchev–Trinajstić information content (AvgIpc) is 2.70. The summed E-state index contributed by atoms with van der Waals surface area (Å²) < 4.78 is 13.6. The lowest BCUT2D eigenvalue weighted by molar-refractivity contribution is 0.0684. The van der Waals surface area contributed by atoms with Crippen molar-refractivity contribution in [3.05, 3.63) is 34.7 Å². The van der Waals surface area contributed by atoms with Gasteiger partial charge in [-0.25, -0.2) is 19.2 Å². The Kier molecular flexibility index (Phi) is 2.42. The summed E-state index contributed by atoms with van der Waals surface area (Å²) in [6, 6.07) is 1.67. The summed E-state index contributed by atoms with van der Waals surface area (Å²) in [5.41, 5.74) is -0.0303. The van der Waals surface area contributed by atoms with Gasteiger partial charge in [-0.3, -0.25) is 0 Å². The first-order valence-corrected chi connectivity index (χ1v) is 4.91. The maximum absolute atomic E-state index is 13.6. The Balaban J connectivity index is 2.59. The molecule has 0 spiro atoms. The smallest absolute Gasteiger partial charge is 0.357 e. The van der Waals surface area contributed by atoms with Crippen molar-refractivity contribution in [3.63, 3.8) is 0 Å². The number of halogens is 1. The second kappa shape index (κ2) is 3.74. The van der Waals surface area contributed by atoms with Crippen LogP contribution < -0.4 is 0 Å². The topological polar surface area (TPSA) is 63.1 Å². The molecule has 2 aromatic heterocycles. The molecule has 0 bridgehead atoms. The van der Waals surface area contributed by atoms with Gasteiger partial charge >= 0.3 is 5.97 Å². The molecule has 1 N–H and O–H groups in total. The van der Waals surface area contributed by atoms with Gasteiger partial charge in [0.2, 0.25) is 0 Å². The second-order valence-corrected chi connectivity index (χ2v) is 3.48. The zero-order valence-corrected chi connectivity index (χ0v) is 8.16. The Hall–Kier alpha value is -1.82. The maximum atomic E-state index is 13.6. The van der Waals surface area contributed by atoms with Crippen molar-refractivity contribution >= 4 is 17.3 Å². The largest absolute Gasteiger partial charge is 0.476 e. The second-order valence-electron chi connectivity index (χ2n) is 2.70. The predicted octanol–water partition coefficient (Wildman–Crippen LogP) is 2.04. The molecule has 6 heteroatoms. The number of hydrogen-bond donors (Lipinski definition) is 1. The first kappa shape index (κ1) is 9.72. The SMILES string of the molecule is O=C(O)c1ncnc(-c2ccsc2)c1F. The molecule has 0 radical (unpaired) electrons. The third-order valence-electron chi connectivity index (χ3n) is 1.79. The quantitative estimate of drug-likeness (QED) is 0.847. The van der Waals surface area contributed by atoms with E-state index < -0.39 is 17.5 Å². The van der Waals surface area contributed by atoms with Gasteiger partial charge in [0.25, 0.3) is 0 Å². The molecule has 2 aromatic rings. The zero-order chi connectivity index (χ0) is 10.8. The molecule has 0 aliphatic carbocycles. The normalized spacial score (nSPS) is 10.2. The molecule has 0 saturated carbocycles. The van der Waals surface area contributed by atoms with Crippen LogP contribution in [0.3, 0.4) is 0 Å². The van der Waals surface area contributed by atoms with Crippen LogP contribution in [0.2, 0.25) is 0 Å². The Morgan fingerprint density at radius 3 is 2.87 bits per heavy atom. The Morgan fingerprint density at radius 2 is 2.27 bits per heavy atom. The van der Waals surface area contributed by atoms with Crippen molar-refractivity contribution in [1.29, 1.82) is 0 Å². The summed E-state index contributed by atoms with van der Waals surface area (Å²) in [7, 11) is 0. The molecule has 15 heavy (non-hydrogen) atoms. The number of aromatic carboxylic acids is 1. The van der Waals surface area contributed by atoms with Gasteiger partial charge in [-0.2, -0.15) is 11.3 Å². The van der Waals surface area contributed by atoms with Crippen molar-refractivity contribution in [2.45, 2.75) is 0 Å². The molecule has 0 saturated heterocycles. The molecule has 0 unspecified atom stereocenters. The van der Waals surface area contributed by atoms with E-state index in [1.807, 2.05) is 0 Å². The summed E-state index contributed by atoms with van der Waals surface area (Å²) in [6.45, 7) is 0. The van der Waals surface area contributed by atoms with Gasteiger partial charge in [0.05, 0.1) is 0 Å². The minimum Gasteiger partial charge on any atom is -0.476 e. The zero-order valence-electron chi connectivity index (χ0n) is 7.35. The Bertz CT molecular complexity index is 499. The third-order valence-corrected chi connectivity index (χ3v) is 2.47. The molecule has 4 nitrogen and oxygen atoms in total. The van der Waals surface area contributed by atoms with Crippen molar-refractivity contribution in [2.75, 3.05) is 0 Å². The van der Waals surface area contributed by atoms with E-state index in [0.717, 1.165) is 6.33 Å². The molecular weight excluding hydrogens is 219 g/mol. The first-order valence-electron chi connectivity index (χ1n) is 3.96. The van der Waals surface area contributed by atoms with E-state index in [-0.39, 0.29) is 5.69 Å². The molecule has 2 rings (SSSR count). The number of aromatic nitrogens is 2. The highest BCUT2D eigenvalue weighted by atomic mass is 32.1. The molecule has 2 heterocycles. The van der Waals surface area contributed by atoms with E-state index in [0.29, 0.717) is 5.56 Å². The minimum absolute atomic E-state index is 0.0173. The van der Waals surface area contributed by atoms with Crippen LogP contribution in [-0.2, 0) is 0 Å². The lowest BCUT2D eigenvalue weighted by atomic mass is 10.2. The van der Waals surface area contributed by atoms with Crippen molar-refractivity contribution in [1.82, 2.24) is 9.97 Å². The van der Waals surface area contributed by atoms with Gasteiger partial charge in [0, 0.05) is 10.9 Å². The molecule has 0 aromatic carbocycles. The van der Waals surface area contributed by atoms with Gasteiger partial charge < -0.3 is 5.11 Å². The van der Waals surface area contributed by atoms with Gasteiger partial charge in [-0.1, -0.05) is 0 Å². The van der Waals surface area contributed by atoms with Crippen LogP contribution in [0, 0.1) is 5.82 Å². The molecule has 76 valence electrons. The monoisotopic (exact) mass is 224 g/mol. The summed E-state index contributed by atoms with van der Waals surface area (Å²) >= 11 is 1.38. The summed E-state index contributed by atoms with van der Waals surface area (Å²) in [6.07, 6.45) is 1.04. The van der Waals surface area contributed by atoms with Crippen LogP contribution in [-0.4, -0.2) is 21.0 Å². The minimum atomic E-state index is -1.40. The first-order chi connectivity index (χ1) is 7.20. The summed E-state index contributed by atoms with van der Waals surface area (Å²) in [5, 5.41) is 12.1. The Morgan fingerprint density at radius 1 is 1.47 bits per heavy atom. The van der Waals surface area contributed by atoms with Crippen LogP contribution in [0.4, 0.5) is 4.39 Å². The highest BCUT2D eigenvalue weighted by Gasteiger charge is 2.17. The molecular formula is C9H5FN2O2S. The fourth-order valence-electron chi connectivity index (χ4n) is 1.12. The standard InChI is InChI=1S/C9H5FN2O2S/c10-6-7(5-1-2-15-3-5)11-4-12-8(6)9(13)14/h1-4H,(H,13,14). The molecule has 0 aliphatic heterocycles. The lowest BCUT2D eigenvalue weighted by Gasteiger charge is -2.00. The predicted molar refractivity (Wildman–Crippen MR) is 52.3 cm³/mol. The van der Waals surface area contributed by atoms with Crippen molar-refractivity contribution < 1.29 is 14.3 Å². The fourth-order valence-corrected chi connectivity index (χ4v) is 1.76. The van der Waals surface area contributed by atoms with Crippen molar-refractivity contribution in [2.24, 2.45) is 0 Å². The van der Waals surface area contributed by atoms with Gasteiger partial charge in [0.1, 0.15) is 12.0 Å². The van der Waals surface area contributed by atoms with Crippen LogP contribution in [0.1, 0.15) is 10.5 Å². The van der Waals surface area contributed by atoms with Crippen LogP contribution in [0.15, 0.2) is 23.2 Å². The van der Waals surface area contributed by atoms with E-state index in [1.54, 1.807) is 16.8 Å². The van der Waals surface area contributed by atoms with E-state index in [9.17, 15) is 9.18 Å². The Labute approximate surface area is 88.1 Å². The van der Waals surface area contributed by atoms with E-state index >= 15 is 0 Å². The highest BCUT2D eigenvalue weighted by Crippen LogP contribution is 2.23. The fraction of sp³-hybridized carbons (Fsp3) is 0. The number of nitrogens with zero attached hydrogens (tertiary/aromatic N) is 2. The summed E-state index contributed by atoms with van der Waals surface area (Å²) in [4.78, 5) is 17.7. The third kappa shape index (κ3) is 1.71. The molecule has 0 amide bonds. The van der Waals surface area contributed by atoms with Crippen molar-refractivity contribution in [3.8, 4) is 11.3 Å². The van der Waals surface area contributed by atoms with Gasteiger partial charge in [-0.15, -0.1) is 0 Å². The van der Waals surface area contributed by atoms with E-state index in [2.05, 4.69) is 9.97 Å². The molecule has 0 fully saturated rings. The molecule has 0 atom stereocenters. The van der Waals surface area contributed by atoms with Gasteiger partial charge in [0.15, 0.2) is 11.5 Å². The van der Waals surface area contributed by atoms with Gasteiger partial charge in [-0.05, 0) is 11.4 Å². The highest BCUT2D eigenvalue weighted by molar-refractivity contribution is 7.08. The van der Waals surface area contributed by atoms with Crippen LogP contribution in [0.25, 0.3) is 11.3 Å². The average molecular weight is 224 g/mol. The van der Waals surface area contributed by atoms with Crippen LogP contribution >= 0.6 is 11.3 Å². The maximum Gasteiger partial charge on any atom is 0.357 e. The molecule has 0 aliphatic rings. The number of carboxylic acid groups (broad SMARTS) is 1. The number of carboxylic acids is 1. The van der Waals surface area contributed by atoms with E-state index in [4.69, 9.17) is 5.11 Å². The van der Waals surface area contributed by atoms with Crippen LogP contribution in [0.5, 0.6) is 0 Å². The lowest BCUT2D eigenvalue weighted by Crippen LogP contribution is -2.06. The number of carbonyl (C=O) groups is 1. The van der Waals surface area contributed by atoms with E-state index in [1.165, 1.54) is 11.3 Å². The summed E-state index contributed by atoms with van der Waals surface area (Å²) in [5.74, 6) is -2.30. The number of hydrogen-bond acceptors (Lipinski definition) is 4.